The Labute approximate surface area is 115 Å². The molecule has 0 bridgehead atoms. The summed E-state index contributed by atoms with van der Waals surface area (Å²) in [5, 5.41) is 10.5. The Morgan fingerprint density at radius 2 is 1.89 bits per heavy atom. The van der Waals surface area contributed by atoms with Gasteiger partial charge in [-0.1, -0.05) is 15.9 Å². The summed E-state index contributed by atoms with van der Waals surface area (Å²) in [6.07, 6.45) is 1.35. The highest BCUT2D eigenvalue weighted by Crippen LogP contribution is 2.55. The van der Waals surface area contributed by atoms with Gasteiger partial charge in [0, 0.05) is 16.4 Å². The number of nitrogens with two attached hydrogens (primary N) is 1. The molecule has 0 heterocycles. The molecule has 100 valence electrons. The van der Waals surface area contributed by atoms with E-state index in [-0.39, 0.29) is 5.41 Å². The lowest BCUT2D eigenvalue weighted by atomic mass is 9.92. The van der Waals surface area contributed by atoms with Crippen LogP contribution in [0, 0.1) is 5.41 Å². The summed E-state index contributed by atoms with van der Waals surface area (Å²) in [6, 6.07) is 3.62. The zero-order chi connectivity index (χ0) is 13.3. The van der Waals surface area contributed by atoms with Gasteiger partial charge in [0.15, 0.2) is 11.5 Å². The first-order valence-corrected chi connectivity index (χ1v) is 6.67. The Morgan fingerprint density at radius 3 is 2.33 bits per heavy atom. The Morgan fingerprint density at radius 1 is 1.33 bits per heavy atom. The summed E-state index contributed by atoms with van der Waals surface area (Å²) < 4.78 is 11.3. The second kappa shape index (κ2) is 5.07. The molecule has 3 N–H and O–H groups in total. The molecular formula is C13H18BrNO3. The van der Waals surface area contributed by atoms with Crippen LogP contribution in [0.4, 0.5) is 0 Å². The van der Waals surface area contributed by atoms with E-state index in [0.717, 1.165) is 22.9 Å². The van der Waals surface area contributed by atoms with Gasteiger partial charge in [-0.15, -0.1) is 0 Å². The predicted octanol–water partition coefficient (Wildman–Crippen LogP) is 2.24. The van der Waals surface area contributed by atoms with E-state index in [1.54, 1.807) is 14.2 Å². The number of aliphatic hydroxyl groups is 1. The van der Waals surface area contributed by atoms with Crippen LogP contribution in [0.1, 0.15) is 24.5 Å². The van der Waals surface area contributed by atoms with Gasteiger partial charge >= 0.3 is 0 Å². The average Bonchev–Trinajstić information content (AvgIpc) is 3.18. The van der Waals surface area contributed by atoms with Gasteiger partial charge in [-0.25, -0.2) is 0 Å². The fraction of sp³-hybridized carbons (Fsp3) is 0.538. The minimum absolute atomic E-state index is 0.165. The van der Waals surface area contributed by atoms with Crippen LogP contribution in [-0.2, 0) is 0 Å². The van der Waals surface area contributed by atoms with Gasteiger partial charge in [0.1, 0.15) is 0 Å². The minimum atomic E-state index is -0.573. The van der Waals surface area contributed by atoms with Crippen molar-refractivity contribution in [1.29, 1.82) is 0 Å². The molecule has 0 spiro atoms. The molecule has 1 unspecified atom stereocenters. The number of halogens is 1. The van der Waals surface area contributed by atoms with Crippen molar-refractivity contribution in [3.05, 3.63) is 22.2 Å². The van der Waals surface area contributed by atoms with Gasteiger partial charge < -0.3 is 20.3 Å². The molecule has 1 aliphatic carbocycles. The van der Waals surface area contributed by atoms with Crippen LogP contribution in [-0.4, -0.2) is 25.9 Å². The Balaban J connectivity index is 2.39. The third kappa shape index (κ3) is 2.22. The van der Waals surface area contributed by atoms with E-state index in [1.165, 1.54) is 0 Å². The summed E-state index contributed by atoms with van der Waals surface area (Å²) in [7, 11) is 3.17. The molecule has 1 aromatic carbocycles. The van der Waals surface area contributed by atoms with Crippen LogP contribution in [0.25, 0.3) is 0 Å². The fourth-order valence-electron chi connectivity index (χ4n) is 2.16. The largest absolute Gasteiger partial charge is 0.493 e. The third-order valence-electron chi connectivity index (χ3n) is 3.68. The molecule has 0 radical (unpaired) electrons. The Bertz CT molecular complexity index is 446. The van der Waals surface area contributed by atoms with Crippen LogP contribution in [0.2, 0.25) is 0 Å². The molecule has 0 amide bonds. The quantitative estimate of drug-likeness (QED) is 0.874. The van der Waals surface area contributed by atoms with Crippen molar-refractivity contribution in [2.45, 2.75) is 18.9 Å². The van der Waals surface area contributed by atoms with Crippen LogP contribution >= 0.6 is 15.9 Å². The summed E-state index contributed by atoms with van der Waals surface area (Å²) >= 11 is 3.46. The number of aliphatic hydroxyl groups excluding tert-OH is 1. The molecule has 2 rings (SSSR count). The number of ether oxygens (including phenoxy) is 2. The zero-order valence-electron chi connectivity index (χ0n) is 10.6. The molecule has 4 nitrogen and oxygen atoms in total. The number of benzene rings is 1. The highest BCUT2D eigenvalue weighted by molar-refractivity contribution is 9.10. The maximum Gasteiger partial charge on any atom is 0.161 e. The maximum absolute atomic E-state index is 10.5. The summed E-state index contributed by atoms with van der Waals surface area (Å²) in [6.45, 7) is 0.495. The highest BCUT2D eigenvalue weighted by atomic mass is 79.9. The Hall–Kier alpha value is -0.780. The normalized spacial score (nSPS) is 18.3. The molecule has 1 saturated carbocycles. The van der Waals surface area contributed by atoms with E-state index in [2.05, 4.69) is 15.9 Å². The molecule has 1 aliphatic rings. The smallest absolute Gasteiger partial charge is 0.161 e. The first kappa shape index (κ1) is 13.6. The molecule has 18 heavy (non-hydrogen) atoms. The van der Waals surface area contributed by atoms with Crippen molar-refractivity contribution in [3.8, 4) is 11.5 Å². The van der Waals surface area contributed by atoms with Crippen molar-refractivity contribution in [3.63, 3.8) is 0 Å². The summed E-state index contributed by atoms with van der Waals surface area (Å²) in [5.41, 5.74) is 6.39. The number of hydrogen-bond acceptors (Lipinski definition) is 4. The monoisotopic (exact) mass is 315 g/mol. The number of rotatable bonds is 5. The minimum Gasteiger partial charge on any atom is -0.493 e. The van der Waals surface area contributed by atoms with Crippen LogP contribution < -0.4 is 15.2 Å². The molecule has 0 aromatic heterocycles. The van der Waals surface area contributed by atoms with Crippen LogP contribution in [0.3, 0.4) is 0 Å². The average molecular weight is 316 g/mol. The van der Waals surface area contributed by atoms with E-state index >= 15 is 0 Å². The summed E-state index contributed by atoms with van der Waals surface area (Å²) in [5.74, 6) is 1.25. The van der Waals surface area contributed by atoms with Gasteiger partial charge in [0.05, 0.1) is 20.3 Å². The van der Waals surface area contributed by atoms with E-state index in [4.69, 9.17) is 15.2 Å². The maximum atomic E-state index is 10.5. The van der Waals surface area contributed by atoms with Gasteiger partial charge in [-0.05, 0) is 30.5 Å². The molecule has 0 saturated heterocycles. The third-order valence-corrected chi connectivity index (χ3v) is 4.36. The van der Waals surface area contributed by atoms with Crippen LogP contribution in [0.15, 0.2) is 16.6 Å². The lowest BCUT2D eigenvalue weighted by Crippen LogP contribution is -2.23. The van der Waals surface area contributed by atoms with Crippen molar-refractivity contribution >= 4 is 15.9 Å². The van der Waals surface area contributed by atoms with Gasteiger partial charge in [0.2, 0.25) is 0 Å². The first-order chi connectivity index (χ1) is 8.57. The highest BCUT2D eigenvalue weighted by Gasteiger charge is 2.48. The number of hydrogen-bond donors (Lipinski definition) is 2. The lowest BCUT2D eigenvalue weighted by molar-refractivity contribution is 0.0965. The number of methoxy groups -OCH3 is 2. The molecule has 5 heteroatoms. The van der Waals surface area contributed by atoms with Gasteiger partial charge in [0.25, 0.3) is 0 Å². The second-order valence-electron chi connectivity index (χ2n) is 4.70. The summed E-state index contributed by atoms with van der Waals surface area (Å²) in [4.78, 5) is 0. The van der Waals surface area contributed by atoms with E-state index < -0.39 is 6.10 Å². The molecule has 1 atom stereocenters. The fourth-order valence-corrected chi connectivity index (χ4v) is 2.70. The van der Waals surface area contributed by atoms with Crippen molar-refractivity contribution in [2.75, 3.05) is 20.8 Å². The molecule has 0 aliphatic heterocycles. The zero-order valence-corrected chi connectivity index (χ0v) is 12.2. The molecular weight excluding hydrogens is 298 g/mol. The standard InChI is InChI=1S/C13H18BrNO3/c1-17-10-5-8(9(14)6-11(10)18-2)12(16)13(7-15)3-4-13/h5-6,12,16H,3-4,7,15H2,1-2H3. The topological polar surface area (TPSA) is 64.7 Å². The van der Waals surface area contributed by atoms with Crippen molar-refractivity contribution < 1.29 is 14.6 Å². The SMILES string of the molecule is COc1cc(Br)c(C(O)C2(CN)CC2)cc1OC. The van der Waals surface area contributed by atoms with Crippen LogP contribution in [0.5, 0.6) is 11.5 Å². The van der Waals surface area contributed by atoms with Gasteiger partial charge in [-0.2, -0.15) is 0 Å². The van der Waals surface area contributed by atoms with Crippen molar-refractivity contribution in [1.82, 2.24) is 0 Å². The van der Waals surface area contributed by atoms with Gasteiger partial charge in [-0.3, -0.25) is 0 Å². The second-order valence-corrected chi connectivity index (χ2v) is 5.55. The van der Waals surface area contributed by atoms with E-state index in [1.807, 2.05) is 12.1 Å². The lowest BCUT2D eigenvalue weighted by Gasteiger charge is -2.23. The first-order valence-electron chi connectivity index (χ1n) is 5.87. The Kier molecular flexibility index (Phi) is 3.84. The molecule has 1 aromatic rings. The predicted molar refractivity (Wildman–Crippen MR) is 72.9 cm³/mol. The van der Waals surface area contributed by atoms with E-state index in [0.29, 0.717) is 18.0 Å². The van der Waals surface area contributed by atoms with E-state index in [9.17, 15) is 5.11 Å². The van der Waals surface area contributed by atoms with Crippen molar-refractivity contribution in [2.24, 2.45) is 11.1 Å². The molecule has 1 fully saturated rings.